The Labute approximate surface area is 82.7 Å². The highest BCUT2D eigenvalue weighted by atomic mass is 16.7. The number of cyclic esters (lactones) is 1. The van der Waals surface area contributed by atoms with E-state index in [9.17, 15) is 4.79 Å². The lowest BCUT2D eigenvalue weighted by Gasteiger charge is -2.23. The lowest BCUT2D eigenvalue weighted by Crippen LogP contribution is -2.34. The second-order valence-corrected chi connectivity index (χ2v) is 3.57. The Bertz CT molecular complexity index is 203. The van der Waals surface area contributed by atoms with Gasteiger partial charge in [0.1, 0.15) is 6.61 Å². The molecule has 1 N–H and O–H groups in total. The van der Waals surface area contributed by atoms with Crippen LogP contribution >= 0.6 is 0 Å². The van der Waals surface area contributed by atoms with Crippen molar-refractivity contribution in [3.05, 3.63) is 0 Å². The molecule has 0 bridgehead atoms. The number of ether oxygens (including phenoxy) is 3. The van der Waals surface area contributed by atoms with E-state index in [0.717, 1.165) is 25.9 Å². The third-order valence-electron chi connectivity index (χ3n) is 2.36. The van der Waals surface area contributed by atoms with Gasteiger partial charge in [0.15, 0.2) is 6.29 Å². The number of hydrogen-bond donors (Lipinski definition) is 1. The zero-order valence-corrected chi connectivity index (χ0v) is 8.03. The molecular weight excluding hydrogens is 186 g/mol. The van der Waals surface area contributed by atoms with Crippen LogP contribution in [0, 0.1) is 0 Å². The fourth-order valence-corrected chi connectivity index (χ4v) is 1.58. The van der Waals surface area contributed by atoms with Crippen molar-refractivity contribution in [1.29, 1.82) is 0 Å². The molecule has 2 fully saturated rings. The minimum absolute atomic E-state index is 0.0203. The van der Waals surface area contributed by atoms with Crippen molar-refractivity contribution < 1.29 is 19.0 Å². The van der Waals surface area contributed by atoms with Gasteiger partial charge in [-0.05, 0) is 19.3 Å². The van der Waals surface area contributed by atoms with Gasteiger partial charge >= 0.3 is 6.09 Å². The Hall–Kier alpha value is -0.810. The Morgan fingerprint density at radius 2 is 2.43 bits per heavy atom. The van der Waals surface area contributed by atoms with E-state index in [1.54, 1.807) is 0 Å². The molecule has 0 saturated carbocycles. The van der Waals surface area contributed by atoms with Gasteiger partial charge in [-0.25, -0.2) is 4.79 Å². The van der Waals surface area contributed by atoms with E-state index in [1.165, 1.54) is 0 Å². The van der Waals surface area contributed by atoms with E-state index < -0.39 is 0 Å². The maximum absolute atomic E-state index is 10.7. The van der Waals surface area contributed by atoms with Crippen LogP contribution in [0.15, 0.2) is 0 Å². The maximum Gasteiger partial charge on any atom is 0.407 e. The van der Waals surface area contributed by atoms with Crippen molar-refractivity contribution in [2.24, 2.45) is 0 Å². The number of rotatable bonds is 3. The number of carbonyl (C=O) groups excluding carboxylic acids is 1. The molecule has 2 saturated heterocycles. The minimum Gasteiger partial charge on any atom is -0.447 e. The van der Waals surface area contributed by atoms with Gasteiger partial charge in [0.2, 0.25) is 0 Å². The second kappa shape index (κ2) is 4.61. The SMILES string of the molecule is O=C1NC(COC2CCCCO2)CO1. The molecule has 2 heterocycles. The first kappa shape index (κ1) is 9.73. The van der Waals surface area contributed by atoms with Crippen LogP contribution in [0.2, 0.25) is 0 Å². The van der Waals surface area contributed by atoms with Gasteiger partial charge in [-0.15, -0.1) is 0 Å². The summed E-state index contributed by atoms with van der Waals surface area (Å²) in [6.45, 7) is 1.64. The van der Waals surface area contributed by atoms with Crippen LogP contribution in [0.25, 0.3) is 0 Å². The van der Waals surface area contributed by atoms with E-state index in [1.807, 2.05) is 0 Å². The summed E-state index contributed by atoms with van der Waals surface area (Å²) in [6, 6.07) is -0.0203. The number of amides is 1. The van der Waals surface area contributed by atoms with Gasteiger partial charge in [-0.3, -0.25) is 0 Å². The van der Waals surface area contributed by atoms with Crippen LogP contribution < -0.4 is 5.32 Å². The van der Waals surface area contributed by atoms with Gasteiger partial charge in [-0.1, -0.05) is 0 Å². The molecule has 14 heavy (non-hydrogen) atoms. The summed E-state index contributed by atoms with van der Waals surface area (Å²) in [4.78, 5) is 10.7. The summed E-state index contributed by atoms with van der Waals surface area (Å²) in [5.41, 5.74) is 0. The fourth-order valence-electron chi connectivity index (χ4n) is 1.58. The molecule has 5 nitrogen and oxygen atoms in total. The van der Waals surface area contributed by atoms with Crippen molar-refractivity contribution >= 4 is 6.09 Å². The van der Waals surface area contributed by atoms with Gasteiger partial charge in [-0.2, -0.15) is 0 Å². The normalized spacial score (nSPS) is 32.4. The third-order valence-corrected chi connectivity index (χ3v) is 2.36. The van der Waals surface area contributed by atoms with Crippen LogP contribution in [-0.4, -0.2) is 38.2 Å². The molecule has 0 aromatic heterocycles. The van der Waals surface area contributed by atoms with Crippen molar-refractivity contribution in [2.45, 2.75) is 31.6 Å². The van der Waals surface area contributed by atoms with E-state index in [-0.39, 0.29) is 18.4 Å². The average molecular weight is 201 g/mol. The molecule has 0 spiro atoms. The maximum atomic E-state index is 10.7. The topological polar surface area (TPSA) is 56.8 Å². The fraction of sp³-hybridized carbons (Fsp3) is 0.889. The number of hydrogen-bond acceptors (Lipinski definition) is 4. The Morgan fingerprint density at radius 1 is 1.50 bits per heavy atom. The number of nitrogens with one attached hydrogen (secondary N) is 1. The van der Waals surface area contributed by atoms with Crippen LogP contribution in [0.1, 0.15) is 19.3 Å². The zero-order chi connectivity index (χ0) is 9.80. The Balaban J connectivity index is 1.63. The summed E-state index contributed by atoms with van der Waals surface area (Å²) in [7, 11) is 0. The lowest BCUT2D eigenvalue weighted by molar-refractivity contribution is -0.165. The molecule has 2 rings (SSSR count). The molecule has 5 heteroatoms. The van der Waals surface area contributed by atoms with Gasteiger partial charge in [0.25, 0.3) is 0 Å². The first-order chi connectivity index (χ1) is 6.84. The number of carbonyl (C=O) groups is 1. The van der Waals surface area contributed by atoms with Crippen molar-refractivity contribution in [3.8, 4) is 0 Å². The van der Waals surface area contributed by atoms with Crippen LogP contribution in [0.3, 0.4) is 0 Å². The van der Waals surface area contributed by atoms with Gasteiger partial charge < -0.3 is 19.5 Å². The van der Waals surface area contributed by atoms with Crippen molar-refractivity contribution in [3.63, 3.8) is 0 Å². The second-order valence-electron chi connectivity index (χ2n) is 3.57. The van der Waals surface area contributed by atoms with Crippen molar-refractivity contribution in [1.82, 2.24) is 5.32 Å². The molecule has 2 aliphatic rings. The molecule has 80 valence electrons. The predicted molar refractivity (Wildman–Crippen MR) is 47.8 cm³/mol. The predicted octanol–water partition coefficient (Wildman–Crippen LogP) is 0.638. The molecule has 2 aliphatic heterocycles. The lowest BCUT2D eigenvalue weighted by atomic mass is 10.2. The first-order valence-electron chi connectivity index (χ1n) is 5.01. The molecule has 2 atom stereocenters. The molecule has 0 aromatic carbocycles. The Morgan fingerprint density at radius 3 is 3.07 bits per heavy atom. The first-order valence-corrected chi connectivity index (χ1v) is 5.01. The molecule has 0 aromatic rings. The van der Waals surface area contributed by atoms with Crippen LogP contribution in [0.5, 0.6) is 0 Å². The highest BCUT2D eigenvalue weighted by molar-refractivity contribution is 5.69. The monoisotopic (exact) mass is 201 g/mol. The highest BCUT2D eigenvalue weighted by Crippen LogP contribution is 2.14. The molecule has 2 unspecified atom stereocenters. The summed E-state index contributed by atoms with van der Waals surface area (Å²) in [5, 5.41) is 2.65. The summed E-state index contributed by atoms with van der Waals surface area (Å²) >= 11 is 0. The van der Waals surface area contributed by atoms with E-state index in [0.29, 0.717) is 13.2 Å². The number of alkyl carbamates (subject to hydrolysis) is 1. The Kier molecular flexibility index (Phi) is 3.21. The largest absolute Gasteiger partial charge is 0.447 e. The van der Waals surface area contributed by atoms with E-state index in [2.05, 4.69) is 5.32 Å². The van der Waals surface area contributed by atoms with E-state index in [4.69, 9.17) is 14.2 Å². The molecule has 1 amide bonds. The quantitative estimate of drug-likeness (QED) is 0.728. The van der Waals surface area contributed by atoms with Crippen LogP contribution in [0.4, 0.5) is 4.79 Å². The highest BCUT2D eigenvalue weighted by Gasteiger charge is 2.24. The average Bonchev–Trinajstić information content (AvgIpc) is 2.63. The summed E-state index contributed by atoms with van der Waals surface area (Å²) in [6.07, 6.45) is 2.76. The van der Waals surface area contributed by atoms with Crippen molar-refractivity contribution in [2.75, 3.05) is 19.8 Å². The molecular formula is C9H15NO4. The van der Waals surface area contributed by atoms with Gasteiger partial charge in [0, 0.05) is 6.61 Å². The smallest absolute Gasteiger partial charge is 0.407 e. The van der Waals surface area contributed by atoms with Crippen LogP contribution in [-0.2, 0) is 14.2 Å². The third kappa shape index (κ3) is 2.59. The zero-order valence-electron chi connectivity index (χ0n) is 8.03. The van der Waals surface area contributed by atoms with Gasteiger partial charge in [0.05, 0.1) is 12.6 Å². The summed E-state index contributed by atoms with van der Waals surface area (Å²) < 4.78 is 15.6. The molecule has 0 radical (unpaired) electrons. The standard InChI is InChI=1S/C9H15NO4/c11-9-10-7(6-14-9)5-13-8-3-1-2-4-12-8/h7-8H,1-6H2,(H,10,11). The summed E-state index contributed by atoms with van der Waals surface area (Å²) in [5.74, 6) is 0. The molecule has 0 aliphatic carbocycles. The van der Waals surface area contributed by atoms with E-state index >= 15 is 0 Å². The minimum atomic E-state index is -0.358.